The van der Waals surface area contributed by atoms with Crippen LogP contribution >= 0.6 is 0 Å². The van der Waals surface area contributed by atoms with Crippen LogP contribution in [0.4, 0.5) is 5.69 Å². The number of nitrogens with one attached hydrogen (secondary N) is 1. The normalized spacial score (nSPS) is 19.4. The average molecular weight is 297 g/mol. The zero-order chi connectivity index (χ0) is 15.5. The number of carbonyl (C=O) groups is 1. The van der Waals surface area contributed by atoms with Crippen LogP contribution in [0.5, 0.6) is 11.5 Å². The van der Waals surface area contributed by atoms with Crippen molar-refractivity contribution in [3.8, 4) is 11.5 Å². The molecule has 22 heavy (non-hydrogen) atoms. The molecule has 1 N–H and O–H groups in total. The molecule has 2 atom stereocenters. The lowest BCUT2D eigenvalue weighted by Gasteiger charge is -2.10. The quantitative estimate of drug-likeness (QED) is 0.919. The lowest BCUT2D eigenvalue weighted by atomic mass is 10.1. The summed E-state index contributed by atoms with van der Waals surface area (Å²) in [7, 11) is 3.17. The number of hydrogen-bond donors (Lipinski definition) is 1. The predicted molar refractivity (Wildman–Crippen MR) is 85.5 cm³/mol. The highest BCUT2D eigenvalue weighted by Gasteiger charge is 2.43. The van der Waals surface area contributed by atoms with Gasteiger partial charge in [-0.1, -0.05) is 30.3 Å². The van der Waals surface area contributed by atoms with Crippen molar-refractivity contribution in [3.63, 3.8) is 0 Å². The van der Waals surface area contributed by atoms with E-state index in [9.17, 15) is 4.79 Å². The summed E-state index contributed by atoms with van der Waals surface area (Å²) in [4.78, 5) is 12.3. The number of hydrogen-bond acceptors (Lipinski definition) is 3. The molecule has 114 valence electrons. The minimum absolute atomic E-state index is 0.0514. The van der Waals surface area contributed by atoms with E-state index in [-0.39, 0.29) is 11.8 Å². The van der Waals surface area contributed by atoms with Gasteiger partial charge in [-0.05, 0) is 30.0 Å². The zero-order valence-electron chi connectivity index (χ0n) is 12.7. The van der Waals surface area contributed by atoms with Crippen LogP contribution in [0.25, 0.3) is 0 Å². The molecule has 0 heterocycles. The second-order valence-electron chi connectivity index (χ2n) is 5.42. The van der Waals surface area contributed by atoms with E-state index in [2.05, 4.69) is 17.4 Å². The van der Waals surface area contributed by atoms with Gasteiger partial charge in [0.2, 0.25) is 5.91 Å². The minimum Gasteiger partial charge on any atom is -0.493 e. The summed E-state index contributed by atoms with van der Waals surface area (Å²) in [5.41, 5.74) is 1.95. The first-order chi connectivity index (χ1) is 10.7. The van der Waals surface area contributed by atoms with Crippen LogP contribution in [-0.2, 0) is 4.79 Å². The molecule has 4 heteroatoms. The molecule has 0 aromatic heterocycles. The number of amides is 1. The molecule has 0 aliphatic heterocycles. The van der Waals surface area contributed by atoms with E-state index in [4.69, 9.17) is 9.47 Å². The Bertz CT molecular complexity index is 669. The third kappa shape index (κ3) is 2.91. The van der Waals surface area contributed by atoms with Crippen molar-refractivity contribution < 1.29 is 14.3 Å². The van der Waals surface area contributed by atoms with Crippen molar-refractivity contribution in [1.29, 1.82) is 0 Å². The Morgan fingerprint density at radius 2 is 1.77 bits per heavy atom. The van der Waals surface area contributed by atoms with Gasteiger partial charge < -0.3 is 14.8 Å². The Kier molecular flexibility index (Phi) is 4.00. The summed E-state index contributed by atoms with van der Waals surface area (Å²) in [5, 5.41) is 2.96. The third-order valence-corrected chi connectivity index (χ3v) is 4.01. The van der Waals surface area contributed by atoms with Crippen LogP contribution in [0.3, 0.4) is 0 Å². The Morgan fingerprint density at radius 1 is 1.05 bits per heavy atom. The SMILES string of the molecule is COc1ccc(NC(=O)C2CC2c2ccccc2)cc1OC. The highest BCUT2D eigenvalue weighted by molar-refractivity contribution is 5.95. The van der Waals surface area contributed by atoms with Crippen molar-refractivity contribution >= 4 is 11.6 Å². The lowest BCUT2D eigenvalue weighted by Crippen LogP contribution is -2.14. The number of rotatable bonds is 5. The van der Waals surface area contributed by atoms with Gasteiger partial charge in [-0.3, -0.25) is 4.79 Å². The average Bonchev–Trinajstić information content (AvgIpc) is 3.36. The molecule has 2 unspecified atom stereocenters. The highest BCUT2D eigenvalue weighted by Crippen LogP contribution is 2.48. The molecule has 2 aromatic carbocycles. The van der Waals surface area contributed by atoms with Crippen molar-refractivity contribution in [2.45, 2.75) is 12.3 Å². The van der Waals surface area contributed by atoms with Gasteiger partial charge in [-0.15, -0.1) is 0 Å². The number of methoxy groups -OCH3 is 2. The van der Waals surface area contributed by atoms with Gasteiger partial charge in [0, 0.05) is 17.7 Å². The lowest BCUT2D eigenvalue weighted by molar-refractivity contribution is -0.117. The standard InChI is InChI=1S/C18H19NO3/c1-21-16-9-8-13(10-17(16)22-2)19-18(20)15-11-14(15)12-6-4-3-5-7-12/h3-10,14-15H,11H2,1-2H3,(H,19,20). The van der Waals surface area contributed by atoms with E-state index < -0.39 is 0 Å². The number of benzene rings is 2. The molecule has 1 saturated carbocycles. The molecule has 0 radical (unpaired) electrons. The second kappa shape index (κ2) is 6.10. The van der Waals surface area contributed by atoms with Gasteiger partial charge in [-0.2, -0.15) is 0 Å². The molecular weight excluding hydrogens is 278 g/mol. The maximum Gasteiger partial charge on any atom is 0.228 e. The van der Waals surface area contributed by atoms with E-state index in [1.54, 1.807) is 26.4 Å². The van der Waals surface area contributed by atoms with Crippen molar-refractivity contribution in [2.24, 2.45) is 5.92 Å². The van der Waals surface area contributed by atoms with E-state index in [0.717, 1.165) is 12.1 Å². The van der Waals surface area contributed by atoms with Gasteiger partial charge >= 0.3 is 0 Å². The molecule has 2 aromatic rings. The monoisotopic (exact) mass is 297 g/mol. The summed E-state index contributed by atoms with van der Waals surface area (Å²) in [6.45, 7) is 0. The smallest absolute Gasteiger partial charge is 0.228 e. The summed E-state index contributed by atoms with van der Waals surface area (Å²) < 4.78 is 10.4. The third-order valence-electron chi connectivity index (χ3n) is 4.01. The van der Waals surface area contributed by atoms with Gasteiger partial charge in [0.05, 0.1) is 14.2 Å². The van der Waals surface area contributed by atoms with E-state index >= 15 is 0 Å². The number of anilines is 1. The molecule has 1 aliphatic carbocycles. The molecule has 1 fully saturated rings. The molecule has 0 bridgehead atoms. The predicted octanol–water partition coefficient (Wildman–Crippen LogP) is 3.45. The van der Waals surface area contributed by atoms with E-state index in [1.165, 1.54) is 5.56 Å². The van der Waals surface area contributed by atoms with Crippen molar-refractivity contribution in [1.82, 2.24) is 0 Å². The summed E-state index contributed by atoms with van der Waals surface area (Å²) in [5.74, 6) is 1.70. The van der Waals surface area contributed by atoms with Crippen LogP contribution in [0, 0.1) is 5.92 Å². The van der Waals surface area contributed by atoms with Crippen molar-refractivity contribution in [3.05, 3.63) is 54.1 Å². The van der Waals surface area contributed by atoms with Crippen LogP contribution in [-0.4, -0.2) is 20.1 Å². The van der Waals surface area contributed by atoms with Gasteiger partial charge in [0.15, 0.2) is 11.5 Å². The fourth-order valence-electron chi connectivity index (χ4n) is 2.70. The molecule has 1 aliphatic rings. The first kappa shape index (κ1) is 14.4. The summed E-state index contributed by atoms with van der Waals surface area (Å²) in [6.07, 6.45) is 0.906. The van der Waals surface area contributed by atoms with Gasteiger partial charge in [0.1, 0.15) is 0 Å². The van der Waals surface area contributed by atoms with Crippen LogP contribution in [0.1, 0.15) is 17.9 Å². The molecule has 0 saturated heterocycles. The summed E-state index contributed by atoms with van der Waals surface area (Å²) in [6, 6.07) is 15.5. The molecule has 3 rings (SSSR count). The van der Waals surface area contributed by atoms with E-state index in [1.807, 2.05) is 24.3 Å². The number of ether oxygens (including phenoxy) is 2. The second-order valence-corrected chi connectivity index (χ2v) is 5.42. The maximum absolute atomic E-state index is 12.3. The fourth-order valence-corrected chi connectivity index (χ4v) is 2.70. The fraction of sp³-hybridized carbons (Fsp3) is 0.278. The maximum atomic E-state index is 12.3. The largest absolute Gasteiger partial charge is 0.493 e. The molecule has 0 spiro atoms. The minimum atomic E-state index is 0.0514. The van der Waals surface area contributed by atoms with Crippen LogP contribution in [0.15, 0.2) is 48.5 Å². The molecule has 4 nitrogen and oxygen atoms in total. The Morgan fingerprint density at radius 3 is 2.45 bits per heavy atom. The van der Waals surface area contributed by atoms with Crippen LogP contribution < -0.4 is 14.8 Å². The summed E-state index contributed by atoms with van der Waals surface area (Å²) >= 11 is 0. The highest BCUT2D eigenvalue weighted by atomic mass is 16.5. The Hall–Kier alpha value is -2.49. The topological polar surface area (TPSA) is 47.6 Å². The van der Waals surface area contributed by atoms with Gasteiger partial charge in [0.25, 0.3) is 0 Å². The molecule has 1 amide bonds. The zero-order valence-corrected chi connectivity index (χ0v) is 12.7. The number of carbonyl (C=O) groups excluding carboxylic acids is 1. The Labute approximate surface area is 130 Å². The Balaban J connectivity index is 1.66. The molecular formula is C18H19NO3. The van der Waals surface area contributed by atoms with Gasteiger partial charge in [-0.25, -0.2) is 0 Å². The van der Waals surface area contributed by atoms with Crippen LogP contribution in [0.2, 0.25) is 0 Å². The van der Waals surface area contributed by atoms with E-state index in [0.29, 0.717) is 17.4 Å². The first-order valence-electron chi connectivity index (χ1n) is 7.30. The van der Waals surface area contributed by atoms with Crippen molar-refractivity contribution in [2.75, 3.05) is 19.5 Å². The first-order valence-corrected chi connectivity index (χ1v) is 7.30.